The average molecular weight is 340 g/mol. The fraction of sp³-hybridized carbons (Fsp3) is 0.765. The van der Waals surface area contributed by atoms with Gasteiger partial charge >= 0.3 is 0 Å². The third kappa shape index (κ3) is 4.10. The Morgan fingerprint density at radius 2 is 2.09 bits per heavy atom. The summed E-state index contributed by atoms with van der Waals surface area (Å²) in [7, 11) is 0. The first-order valence-corrected chi connectivity index (χ1v) is 9.83. The second-order valence-electron chi connectivity index (χ2n) is 6.12. The van der Waals surface area contributed by atoms with E-state index in [1.54, 1.807) is 6.20 Å². The van der Waals surface area contributed by atoms with Gasteiger partial charge in [0.2, 0.25) is 0 Å². The highest BCUT2D eigenvalue weighted by molar-refractivity contribution is 7.99. The van der Waals surface area contributed by atoms with Gasteiger partial charge in [-0.05, 0) is 44.1 Å². The van der Waals surface area contributed by atoms with Gasteiger partial charge in [-0.3, -0.25) is 9.48 Å². The van der Waals surface area contributed by atoms with Gasteiger partial charge in [-0.15, -0.1) is 0 Å². The summed E-state index contributed by atoms with van der Waals surface area (Å²) in [5.74, 6) is 2.20. The zero-order chi connectivity index (χ0) is 16.8. The van der Waals surface area contributed by atoms with E-state index in [2.05, 4.69) is 18.9 Å². The molecule has 0 aromatic carbocycles. The molecule has 130 valence electrons. The Bertz CT molecular complexity index is 508. The molecule has 0 bridgehead atoms. The number of aromatic nitrogens is 2. The summed E-state index contributed by atoms with van der Waals surface area (Å²) in [6, 6.07) is 0.584. The quantitative estimate of drug-likeness (QED) is 0.830. The summed E-state index contributed by atoms with van der Waals surface area (Å²) >= 11 is 1.94. The Hall–Kier alpha value is -1.01. The second-order valence-corrected chi connectivity index (χ2v) is 7.35. The van der Waals surface area contributed by atoms with Crippen LogP contribution in [-0.4, -0.2) is 56.4 Å². The molecule has 2 heterocycles. The van der Waals surface area contributed by atoms with E-state index in [0.717, 1.165) is 42.9 Å². The van der Waals surface area contributed by atoms with Gasteiger partial charge in [0, 0.05) is 18.3 Å². The van der Waals surface area contributed by atoms with Crippen molar-refractivity contribution < 1.29 is 9.90 Å². The molecular weight excluding hydrogens is 310 g/mol. The van der Waals surface area contributed by atoms with Crippen LogP contribution in [-0.2, 0) is 0 Å². The summed E-state index contributed by atoms with van der Waals surface area (Å²) in [5.41, 5.74) is 1.63. The molecule has 0 spiro atoms. The molecule has 0 unspecified atom stereocenters. The van der Waals surface area contributed by atoms with E-state index in [-0.39, 0.29) is 18.6 Å². The largest absolute Gasteiger partial charge is 0.395 e. The highest BCUT2D eigenvalue weighted by atomic mass is 32.2. The molecule has 1 aliphatic rings. The van der Waals surface area contributed by atoms with Crippen LogP contribution in [0.25, 0.3) is 0 Å². The van der Waals surface area contributed by atoms with E-state index in [9.17, 15) is 9.90 Å². The summed E-state index contributed by atoms with van der Waals surface area (Å²) in [4.78, 5) is 14.9. The zero-order valence-corrected chi connectivity index (χ0v) is 15.3. The fourth-order valence-electron chi connectivity index (χ4n) is 3.35. The van der Waals surface area contributed by atoms with Crippen LogP contribution in [0.1, 0.15) is 61.6 Å². The van der Waals surface area contributed by atoms with Gasteiger partial charge in [-0.1, -0.05) is 13.8 Å². The molecule has 0 atom stereocenters. The van der Waals surface area contributed by atoms with E-state index in [0.29, 0.717) is 18.2 Å². The van der Waals surface area contributed by atoms with E-state index >= 15 is 0 Å². The van der Waals surface area contributed by atoms with E-state index in [4.69, 9.17) is 0 Å². The minimum absolute atomic E-state index is 0.00904. The predicted octanol–water partition coefficient (Wildman–Crippen LogP) is 2.88. The number of aliphatic hydroxyl groups excluding tert-OH is 1. The lowest BCUT2D eigenvalue weighted by Crippen LogP contribution is -2.44. The smallest absolute Gasteiger partial charge is 0.257 e. The average Bonchev–Trinajstić information content (AvgIpc) is 2.96. The minimum atomic E-state index is 0.00904. The second kappa shape index (κ2) is 8.73. The molecule has 1 fully saturated rings. The van der Waals surface area contributed by atoms with Crippen molar-refractivity contribution in [2.24, 2.45) is 0 Å². The molecule has 6 heteroatoms. The summed E-state index contributed by atoms with van der Waals surface area (Å²) in [6.07, 6.45) is 5.74. The maximum atomic E-state index is 13.0. The third-order valence-corrected chi connectivity index (χ3v) is 5.85. The summed E-state index contributed by atoms with van der Waals surface area (Å²) < 4.78 is 1.99. The van der Waals surface area contributed by atoms with Crippen molar-refractivity contribution in [1.29, 1.82) is 0 Å². The van der Waals surface area contributed by atoms with E-state index in [1.165, 1.54) is 0 Å². The predicted molar refractivity (Wildman–Crippen MR) is 95.1 cm³/mol. The van der Waals surface area contributed by atoms with Crippen molar-refractivity contribution >= 4 is 17.7 Å². The molecule has 0 aliphatic carbocycles. The van der Waals surface area contributed by atoms with Gasteiger partial charge in [0.15, 0.2) is 0 Å². The van der Waals surface area contributed by atoms with Gasteiger partial charge in [0.1, 0.15) is 0 Å². The SMILES string of the molecule is CCC(CC)n1ncc(C(=O)N(CCO)C2CCSCC2)c1C. The lowest BCUT2D eigenvalue weighted by Gasteiger charge is -2.33. The van der Waals surface area contributed by atoms with Crippen LogP contribution in [0.15, 0.2) is 6.20 Å². The van der Waals surface area contributed by atoms with Crippen molar-refractivity contribution in [3.05, 3.63) is 17.5 Å². The monoisotopic (exact) mass is 339 g/mol. The number of aliphatic hydroxyl groups is 1. The van der Waals surface area contributed by atoms with Gasteiger partial charge in [0.25, 0.3) is 5.91 Å². The number of carbonyl (C=O) groups is 1. The Kier molecular flexibility index (Phi) is 6.96. The number of carbonyl (C=O) groups excluding carboxylic acids is 1. The summed E-state index contributed by atoms with van der Waals surface area (Å²) in [6.45, 7) is 6.69. The number of hydrogen-bond donors (Lipinski definition) is 1. The first kappa shape index (κ1) is 18.3. The number of rotatable bonds is 7. The molecule has 0 radical (unpaired) electrons. The number of thioether (sulfide) groups is 1. The molecule has 1 N–H and O–H groups in total. The van der Waals surface area contributed by atoms with Crippen molar-refractivity contribution in [3.63, 3.8) is 0 Å². The lowest BCUT2D eigenvalue weighted by atomic mass is 10.1. The molecular formula is C17H29N3O2S. The molecule has 2 rings (SSSR count). The Morgan fingerprint density at radius 1 is 1.43 bits per heavy atom. The van der Waals surface area contributed by atoms with Crippen LogP contribution in [0.5, 0.6) is 0 Å². The standard InChI is InChI=1S/C17H29N3O2S/c1-4-14(5-2)20-13(3)16(12-18-20)17(22)19(8-9-21)15-6-10-23-11-7-15/h12,14-15,21H,4-11H2,1-3H3. The van der Waals surface area contributed by atoms with Crippen molar-refractivity contribution in [1.82, 2.24) is 14.7 Å². The van der Waals surface area contributed by atoms with Gasteiger partial charge in [0.05, 0.1) is 24.4 Å². The van der Waals surface area contributed by atoms with E-state index < -0.39 is 0 Å². The maximum absolute atomic E-state index is 13.0. The topological polar surface area (TPSA) is 58.4 Å². The first-order chi connectivity index (χ1) is 11.1. The molecule has 1 aliphatic heterocycles. The van der Waals surface area contributed by atoms with Crippen LogP contribution in [0, 0.1) is 6.92 Å². The molecule has 1 aromatic rings. The van der Waals surface area contributed by atoms with Crippen LogP contribution in [0.4, 0.5) is 0 Å². The summed E-state index contributed by atoms with van der Waals surface area (Å²) in [5, 5.41) is 13.9. The number of hydrogen-bond acceptors (Lipinski definition) is 4. The van der Waals surface area contributed by atoms with E-state index in [1.807, 2.05) is 28.3 Å². The Balaban J connectivity index is 2.22. The highest BCUT2D eigenvalue weighted by Crippen LogP contribution is 2.25. The van der Waals surface area contributed by atoms with Crippen LogP contribution >= 0.6 is 11.8 Å². The molecule has 5 nitrogen and oxygen atoms in total. The third-order valence-electron chi connectivity index (χ3n) is 4.80. The van der Waals surface area contributed by atoms with Gasteiger partial charge in [-0.25, -0.2) is 0 Å². The number of amides is 1. The van der Waals surface area contributed by atoms with Gasteiger partial charge in [-0.2, -0.15) is 16.9 Å². The molecule has 1 saturated heterocycles. The maximum Gasteiger partial charge on any atom is 0.257 e. The fourth-order valence-corrected chi connectivity index (χ4v) is 4.43. The zero-order valence-electron chi connectivity index (χ0n) is 14.5. The molecule has 0 saturated carbocycles. The van der Waals surface area contributed by atoms with Crippen molar-refractivity contribution in [2.45, 2.75) is 58.5 Å². The van der Waals surface area contributed by atoms with Crippen molar-refractivity contribution in [2.75, 3.05) is 24.7 Å². The van der Waals surface area contributed by atoms with Crippen LogP contribution in [0.3, 0.4) is 0 Å². The highest BCUT2D eigenvalue weighted by Gasteiger charge is 2.28. The molecule has 1 amide bonds. The van der Waals surface area contributed by atoms with Crippen molar-refractivity contribution in [3.8, 4) is 0 Å². The Morgan fingerprint density at radius 3 is 2.65 bits per heavy atom. The minimum Gasteiger partial charge on any atom is -0.395 e. The van der Waals surface area contributed by atoms with Crippen LogP contribution in [0.2, 0.25) is 0 Å². The van der Waals surface area contributed by atoms with Gasteiger partial charge < -0.3 is 10.0 Å². The molecule has 1 aromatic heterocycles. The Labute approximate surface area is 143 Å². The normalized spacial score (nSPS) is 16.0. The van der Waals surface area contributed by atoms with Crippen LogP contribution < -0.4 is 0 Å². The lowest BCUT2D eigenvalue weighted by molar-refractivity contribution is 0.0621. The molecule has 23 heavy (non-hydrogen) atoms. The first-order valence-electron chi connectivity index (χ1n) is 8.67. The number of nitrogens with zero attached hydrogens (tertiary/aromatic N) is 3.